The molecule has 1 N–H and O–H groups in total. The number of benzene rings is 1. The molecule has 2 heterocycles. The van der Waals surface area contributed by atoms with E-state index in [1.54, 1.807) is 17.0 Å². The summed E-state index contributed by atoms with van der Waals surface area (Å²) in [5.74, 6) is 0.0694. The van der Waals surface area contributed by atoms with Crippen LogP contribution in [0, 0.1) is 0 Å². The molecule has 164 valence electrons. The summed E-state index contributed by atoms with van der Waals surface area (Å²) < 4.78 is 38.5. The van der Waals surface area contributed by atoms with Crippen LogP contribution in [0.5, 0.6) is 0 Å². The maximum Gasteiger partial charge on any atom is 0.416 e. The molecule has 31 heavy (non-hydrogen) atoms. The molecule has 0 radical (unpaired) electrons. The van der Waals surface area contributed by atoms with E-state index in [4.69, 9.17) is 0 Å². The number of nitrogens with one attached hydrogen (secondary N) is 1. The smallest absolute Gasteiger partial charge is 0.324 e. The molecule has 0 atom stereocenters. The Morgan fingerprint density at radius 3 is 2.58 bits per heavy atom. The number of urea groups is 1. The first-order valence-electron chi connectivity index (χ1n) is 10.3. The number of carbonyl (C=O) groups is 2. The standard InChI is InChI=1S/C22H23F3N4O2/c23-22(24,25)16-5-3-4-15(12-16)13-20(30)27-17-8-9-19(26-14-17)29-11-10-28(21(29)31)18-6-1-2-7-18/h3-5,8-9,12,14,18H,1-2,6-7,10-11,13H2,(H,27,30). The van der Waals surface area contributed by atoms with E-state index in [-0.39, 0.29) is 18.0 Å². The number of hydrogen-bond donors (Lipinski definition) is 1. The number of rotatable bonds is 5. The normalized spacial score (nSPS) is 17.5. The highest BCUT2D eigenvalue weighted by Crippen LogP contribution is 2.30. The van der Waals surface area contributed by atoms with E-state index < -0.39 is 17.6 Å². The minimum atomic E-state index is -4.45. The Kier molecular flexibility index (Phi) is 5.84. The molecule has 1 aromatic carbocycles. The molecule has 4 rings (SSSR count). The summed E-state index contributed by atoms with van der Waals surface area (Å²) in [5.41, 5.74) is -0.0997. The Hall–Kier alpha value is -3.10. The van der Waals surface area contributed by atoms with Gasteiger partial charge in [0, 0.05) is 19.1 Å². The van der Waals surface area contributed by atoms with Crippen molar-refractivity contribution < 1.29 is 22.8 Å². The summed E-state index contributed by atoms with van der Waals surface area (Å²) in [5, 5.41) is 2.63. The molecule has 6 nitrogen and oxygen atoms in total. The molecular formula is C22H23F3N4O2. The van der Waals surface area contributed by atoms with Gasteiger partial charge in [-0.1, -0.05) is 31.0 Å². The van der Waals surface area contributed by atoms with Gasteiger partial charge in [-0.25, -0.2) is 9.78 Å². The number of alkyl halides is 3. The molecule has 1 aromatic heterocycles. The second-order valence-corrected chi connectivity index (χ2v) is 7.89. The number of amides is 3. The Morgan fingerprint density at radius 1 is 1.13 bits per heavy atom. The highest BCUT2D eigenvalue weighted by atomic mass is 19.4. The van der Waals surface area contributed by atoms with Crippen LogP contribution in [0.1, 0.15) is 36.8 Å². The summed E-state index contributed by atoms with van der Waals surface area (Å²) in [6.45, 7) is 1.25. The maximum absolute atomic E-state index is 12.8. The number of anilines is 2. The first kappa shape index (κ1) is 21.1. The predicted octanol–water partition coefficient (Wildman–Crippen LogP) is 4.47. The van der Waals surface area contributed by atoms with Gasteiger partial charge in [0.2, 0.25) is 5.91 Å². The van der Waals surface area contributed by atoms with Crippen molar-refractivity contribution in [3.63, 3.8) is 0 Å². The third kappa shape index (κ3) is 4.81. The fourth-order valence-electron chi connectivity index (χ4n) is 4.19. The zero-order chi connectivity index (χ0) is 22.0. The largest absolute Gasteiger partial charge is 0.416 e. The van der Waals surface area contributed by atoms with Crippen LogP contribution in [0.2, 0.25) is 0 Å². The second kappa shape index (κ2) is 8.56. The molecule has 0 spiro atoms. The lowest BCUT2D eigenvalue weighted by Gasteiger charge is -2.23. The van der Waals surface area contributed by atoms with Crippen molar-refractivity contribution in [1.29, 1.82) is 0 Å². The van der Waals surface area contributed by atoms with Gasteiger partial charge in [-0.05, 0) is 36.6 Å². The van der Waals surface area contributed by atoms with Crippen molar-refractivity contribution in [3.8, 4) is 0 Å². The van der Waals surface area contributed by atoms with E-state index in [1.165, 1.54) is 18.3 Å². The number of hydrogen-bond acceptors (Lipinski definition) is 3. The number of pyridine rings is 1. The van der Waals surface area contributed by atoms with Crippen LogP contribution in [0.25, 0.3) is 0 Å². The lowest BCUT2D eigenvalue weighted by Crippen LogP contribution is -2.38. The van der Waals surface area contributed by atoms with Gasteiger partial charge in [0.05, 0.1) is 23.9 Å². The van der Waals surface area contributed by atoms with Gasteiger partial charge in [0.1, 0.15) is 5.82 Å². The third-order valence-electron chi connectivity index (χ3n) is 5.73. The fourth-order valence-corrected chi connectivity index (χ4v) is 4.19. The number of aromatic nitrogens is 1. The average Bonchev–Trinajstić information content (AvgIpc) is 3.38. The van der Waals surface area contributed by atoms with E-state index in [1.807, 2.05) is 4.90 Å². The zero-order valence-corrected chi connectivity index (χ0v) is 16.9. The van der Waals surface area contributed by atoms with Crippen molar-refractivity contribution >= 4 is 23.4 Å². The second-order valence-electron chi connectivity index (χ2n) is 7.89. The van der Waals surface area contributed by atoms with Gasteiger partial charge in [-0.3, -0.25) is 9.69 Å². The van der Waals surface area contributed by atoms with Crippen LogP contribution in [0.15, 0.2) is 42.6 Å². The van der Waals surface area contributed by atoms with Crippen molar-refractivity contribution in [2.75, 3.05) is 23.3 Å². The Morgan fingerprint density at radius 2 is 1.90 bits per heavy atom. The molecule has 1 aliphatic carbocycles. The molecule has 1 aliphatic heterocycles. The quantitative estimate of drug-likeness (QED) is 0.758. The SMILES string of the molecule is O=C(Cc1cccc(C(F)(F)F)c1)Nc1ccc(N2CCN(C3CCCC3)C2=O)nc1. The lowest BCUT2D eigenvalue weighted by atomic mass is 10.1. The zero-order valence-electron chi connectivity index (χ0n) is 16.9. The molecule has 2 aromatic rings. The first-order chi connectivity index (χ1) is 14.8. The molecule has 9 heteroatoms. The monoisotopic (exact) mass is 432 g/mol. The molecule has 1 saturated heterocycles. The molecule has 0 unspecified atom stereocenters. The molecule has 0 bridgehead atoms. The summed E-state index contributed by atoms with van der Waals surface area (Å²) in [4.78, 5) is 32.8. The van der Waals surface area contributed by atoms with Crippen LogP contribution < -0.4 is 10.2 Å². The van der Waals surface area contributed by atoms with Crippen LogP contribution in [0.3, 0.4) is 0 Å². The Labute approximate surface area is 178 Å². The molecule has 2 aliphatic rings. The Balaban J connectivity index is 1.35. The minimum Gasteiger partial charge on any atom is -0.324 e. The highest BCUT2D eigenvalue weighted by Gasteiger charge is 2.36. The minimum absolute atomic E-state index is 0.0410. The number of halogens is 3. The highest BCUT2D eigenvalue weighted by molar-refractivity contribution is 5.94. The van der Waals surface area contributed by atoms with Crippen LogP contribution in [0.4, 0.5) is 29.5 Å². The van der Waals surface area contributed by atoms with E-state index in [0.29, 0.717) is 30.6 Å². The molecule has 2 fully saturated rings. The van der Waals surface area contributed by atoms with Gasteiger partial charge >= 0.3 is 12.2 Å². The summed E-state index contributed by atoms with van der Waals surface area (Å²) in [6, 6.07) is 8.27. The van der Waals surface area contributed by atoms with Crippen molar-refractivity contribution in [2.24, 2.45) is 0 Å². The van der Waals surface area contributed by atoms with Crippen LogP contribution in [-0.2, 0) is 17.4 Å². The van der Waals surface area contributed by atoms with Crippen LogP contribution >= 0.6 is 0 Å². The third-order valence-corrected chi connectivity index (χ3v) is 5.73. The van der Waals surface area contributed by atoms with Gasteiger partial charge < -0.3 is 10.2 Å². The lowest BCUT2D eigenvalue weighted by molar-refractivity contribution is -0.137. The molecular weight excluding hydrogens is 409 g/mol. The average molecular weight is 432 g/mol. The van der Waals surface area contributed by atoms with Crippen molar-refractivity contribution in [2.45, 2.75) is 44.3 Å². The van der Waals surface area contributed by atoms with Crippen LogP contribution in [-0.4, -0.2) is 41.0 Å². The van der Waals surface area contributed by atoms with Crippen molar-refractivity contribution in [1.82, 2.24) is 9.88 Å². The first-order valence-corrected chi connectivity index (χ1v) is 10.3. The topological polar surface area (TPSA) is 65.5 Å². The van der Waals surface area contributed by atoms with E-state index in [2.05, 4.69) is 10.3 Å². The predicted molar refractivity (Wildman–Crippen MR) is 110 cm³/mol. The Bertz CT molecular complexity index is 956. The van der Waals surface area contributed by atoms with Gasteiger partial charge in [0.25, 0.3) is 0 Å². The number of nitrogens with zero attached hydrogens (tertiary/aromatic N) is 3. The molecule has 3 amide bonds. The molecule has 1 saturated carbocycles. The van der Waals surface area contributed by atoms with Gasteiger partial charge in [-0.15, -0.1) is 0 Å². The number of carbonyl (C=O) groups excluding carboxylic acids is 2. The summed E-state index contributed by atoms with van der Waals surface area (Å²) >= 11 is 0. The van der Waals surface area contributed by atoms with Crippen molar-refractivity contribution in [3.05, 3.63) is 53.7 Å². The summed E-state index contributed by atoms with van der Waals surface area (Å²) in [7, 11) is 0. The maximum atomic E-state index is 12.8. The van der Waals surface area contributed by atoms with Gasteiger partial charge in [0.15, 0.2) is 0 Å². The fraction of sp³-hybridized carbons (Fsp3) is 0.409. The van der Waals surface area contributed by atoms with Gasteiger partial charge in [-0.2, -0.15) is 13.2 Å². The summed E-state index contributed by atoms with van der Waals surface area (Å²) in [6.07, 6.45) is 1.21. The van der Waals surface area contributed by atoms with E-state index in [0.717, 1.165) is 37.8 Å². The van der Waals surface area contributed by atoms with E-state index in [9.17, 15) is 22.8 Å². The van der Waals surface area contributed by atoms with E-state index >= 15 is 0 Å².